The summed E-state index contributed by atoms with van der Waals surface area (Å²) in [5, 5.41) is 3.03. The lowest BCUT2D eigenvalue weighted by atomic mass is 10.0. The van der Waals surface area contributed by atoms with Crippen molar-refractivity contribution in [3.63, 3.8) is 0 Å². The van der Waals surface area contributed by atoms with E-state index >= 15 is 0 Å². The molecule has 1 aromatic heterocycles. The SMILES string of the molecule is CNc1cccc(C(=O)c2ccc3nc[nH]c3c2)c1. The first-order chi connectivity index (χ1) is 9.28. The second-order valence-electron chi connectivity index (χ2n) is 4.29. The van der Waals surface area contributed by atoms with Crippen molar-refractivity contribution in [2.45, 2.75) is 0 Å². The molecular weight excluding hydrogens is 238 g/mol. The minimum absolute atomic E-state index is 0.00796. The average molecular weight is 251 g/mol. The summed E-state index contributed by atoms with van der Waals surface area (Å²) in [5.41, 5.74) is 3.99. The first kappa shape index (κ1) is 11.5. The zero-order valence-electron chi connectivity index (χ0n) is 10.5. The lowest BCUT2D eigenvalue weighted by molar-refractivity contribution is 0.103. The average Bonchev–Trinajstić information content (AvgIpc) is 2.94. The van der Waals surface area contributed by atoms with E-state index in [2.05, 4.69) is 15.3 Å². The van der Waals surface area contributed by atoms with Crippen molar-refractivity contribution in [3.05, 3.63) is 59.9 Å². The van der Waals surface area contributed by atoms with Crippen molar-refractivity contribution in [2.75, 3.05) is 12.4 Å². The first-order valence-electron chi connectivity index (χ1n) is 6.03. The van der Waals surface area contributed by atoms with Crippen LogP contribution in [-0.2, 0) is 0 Å². The van der Waals surface area contributed by atoms with E-state index in [4.69, 9.17) is 0 Å². The third kappa shape index (κ3) is 2.08. The Morgan fingerprint density at radius 1 is 1.16 bits per heavy atom. The summed E-state index contributed by atoms with van der Waals surface area (Å²) in [6, 6.07) is 12.9. The fourth-order valence-electron chi connectivity index (χ4n) is 2.06. The molecule has 0 radical (unpaired) electrons. The number of rotatable bonds is 3. The van der Waals surface area contributed by atoms with E-state index in [0.717, 1.165) is 16.7 Å². The molecule has 4 heteroatoms. The summed E-state index contributed by atoms with van der Waals surface area (Å²) in [6.07, 6.45) is 1.63. The number of nitrogens with zero attached hydrogens (tertiary/aromatic N) is 1. The van der Waals surface area contributed by atoms with E-state index in [9.17, 15) is 4.79 Å². The molecule has 2 N–H and O–H groups in total. The molecule has 94 valence electrons. The molecule has 1 heterocycles. The number of ketones is 1. The number of fused-ring (bicyclic) bond motifs is 1. The van der Waals surface area contributed by atoms with Gasteiger partial charge in [-0.25, -0.2) is 4.98 Å². The Morgan fingerprint density at radius 2 is 2.00 bits per heavy atom. The van der Waals surface area contributed by atoms with E-state index in [-0.39, 0.29) is 5.78 Å². The van der Waals surface area contributed by atoms with Crippen molar-refractivity contribution in [2.24, 2.45) is 0 Å². The van der Waals surface area contributed by atoms with Gasteiger partial charge < -0.3 is 10.3 Å². The number of aromatic nitrogens is 2. The maximum absolute atomic E-state index is 12.4. The second-order valence-corrected chi connectivity index (χ2v) is 4.29. The molecule has 3 rings (SSSR count). The lowest BCUT2D eigenvalue weighted by Gasteiger charge is -2.04. The van der Waals surface area contributed by atoms with Gasteiger partial charge in [-0.1, -0.05) is 12.1 Å². The second kappa shape index (κ2) is 4.57. The molecule has 0 bridgehead atoms. The van der Waals surface area contributed by atoms with E-state index in [1.165, 1.54) is 0 Å². The highest BCUT2D eigenvalue weighted by molar-refractivity contribution is 6.10. The van der Waals surface area contributed by atoms with Gasteiger partial charge >= 0.3 is 0 Å². The molecule has 0 amide bonds. The van der Waals surface area contributed by atoms with Gasteiger partial charge in [0, 0.05) is 23.9 Å². The fraction of sp³-hybridized carbons (Fsp3) is 0.0667. The third-order valence-corrected chi connectivity index (χ3v) is 3.10. The molecular formula is C15H13N3O. The first-order valence-corrected chi connectivity index (χ1v) is 6.03. The van der Waals surface area contributed by atoms with Crippen LogP contribution in [-0.4, -0.2) is 22.8 Å². The monoisotopic (exact) mass is 251 g/mol. The molecule has 0 spiro atoms. The number of benzene rings is 2. The van der Waals surface area contributed by atoms with Crippen LogP contribution in [0.1, 0.15) is 15.9 Å². The summed E-state index contributed by atoms with van der Waals surface area (Å²) in [5.74, 6) is 0.00796. The summed E-state index contributed by atoms with van der Waals surface area (Å²) >= 11 is 0. The van der Waals surface area contributed by atoms with Crippen LogP contribution in [0.4, 0.5) is 5.69 Å². The molecule has 0 aliphatic heterocycles. The standard InChI is InChI=1S/C15H13N3O/c1-16-12-4-2-3-10(7-12)15(19)11-5-6-13-14(8-11)18-9-17-13/h2-9,16H,1H3,(H,17,18). The van der Waals surface area contributed by atoms with Gasteiger partial charge in [0.15, 0.2) is 5.78 Å². The van der Waals surface area contributed by atoms with Gasteiger partial charge in [-0.2, -0.15) is 0 Å². The Morgan fingerprint density at radius 3 is 2.84 bits per heavy atom. The van der Waals surface area contributed by atoms with Crippen LogP contribution < -0.4 is 5.32 Å². The summed E-state index contributed by atoms with van der Waals surface area (Å²) in [4.78, 5) is 19.6. The molecule has 0 aliphatic carbocycles. The van der Waals surface area contributed by atoms with E-state index in [1.807, 2.05) is 43.4 Å². The number of anilines is 1. The Kier molecular flexibility index (Phi) is 2.76. The van der Waals surface area contributed by atoms with Gasteiger partial charge in [-0.15, -0.1) is 0 Å². The number of H-pyrrole nitrogens is 1. The zero-order valence-corrected chi connectivity index (χ0v) is 10.5. The Balaban J connectivity index is 2.02. The molecule has 0 fully saturated rings. The predicted octanol–water partition coefficient (Wildman–Crippen LogP) is 2.84. The molecule has 2 aromatic carbocycles. The largest absolute Gasteiger partial charge is 0.388 e. The highest BCUT2D eigenvalue weighted by Crippen LogP contribution is 2.17. The number of imidazole rings is 1. The molecule has 0 atom stereocenters. The number of nitrogens with one attached hydrogen (secondary N) is 2. The fourth-order valence-corrected chi connectivity index (χ4v) is 2.06. The highest BCUT2D eigenvalue weighted by atomic mass is 16.1. The van der Waals surface area contributed by atoms with Gasteiger partial charge in [0.2, 0.25) is 0 Å². The molecule has 0 unspecified atom stereocenters. The van der Waals surface area contributed by atoms with Gasteiger partial charge in [-0.05, 0) is 30.3 Å². The number of aromatic amines is 1. The molecule has 0 saturated heterocycles. The van der Waals surface area contributed by atoms with Crippen LogP contribution in [0.15, 0.2) is 48.8 Å². The predicted molar refractivity (Wildman–Crippen MR) is 75.5 cm³/mol. The van der Waals surface area contributed by atoms with E-state index in [0.29, 0.717) is 11.1 Å². The number of carbonyl (C=O) groups is 1. The zero-order chi connectivity index (χ0) is 13.2. The van der Waals surface area contributed by atoms with Crippen LogP contribution in [0.2, 0.25) is 0 Å². The van der Waals surface area contributed by atoms with Crippen molar-refractivity contribution < 1.29 is 4.79 Å². The van der Waals surface area contributed by atoms with E-state index in [1.54, 1.807) is 12.4 Å². The molecule has 19 heavy (non-hydrogen) atoms. The lowest BCUT2D eigenvalue weighted by Crippen LogP contribution is -2.02. The molecule has 0 aliphatic rings. The van der Waals surface area contributed by atoms with Gasteiger partial charge in [0.1, 0.15) is 0 Å². The van der Waals surface area contributed by atoms with Gasteiger partial charge in [-0.3, -0.25) is 4.79 Å². The Labute approximate surface area is 110 Å². The highest BCUT2D eigenvalue weighted by Gasteiger charge is 2.10. The Hall–Kier alpha value is -2.62. The topological polar surface area (TPSA) is 57.8 Å². The summed E-state index contributed by atoms with van der Waals surface area (Å²) in [6.45, 7) is 0. The third-order valence-electron chi connectivity index (χ3n) is 3.10. The molecule has 4 nitrogen and oxygen atoms in total. The van der Waals surface area contributed by atoms with Crippen molar-refractivity contribution in [1.82, 2.24) is 9.97 Å². The maximum atomic E-state index is 12.4. The minimum atomic E-state index is 0.00796. The minimum Gasteiger partial charge on any atom is -0.388 e. The van der Waals surface area contributed by atoms with Crippen LogP contribution in [0.5, 0.6) is 0 Å². The van der Waals surface area contributed by atoms with Crippen LogP contribution >= 0.6 is 0 Å². The van der Waals surface area contributed by atoms with E-state index < -0.39 is 0 Å². The quantitative estimate of drug-likeness (QED) is 0.704. The van der Waals surface area contributed by atoms with Crippen LogP contribution in [0.3, 0.4) is 0 Å². The Bertz CT molecular complexity index is 746. The number of hydrogen-bond acceptors (Lipinski definition) is 3. The van der Waals surface area contributed by atoms with Crippen LogP contribution in [0, 0.1) is 0 Å². The molecule has 3 aromatic rings. The smallest absolute Gasteiger partial charge is 0.193 e. The maximum Gasteiger partial charge on any atom is 0.193 e. The van der Waals surface area contributed by atoms with Crippen molar-refractivity contribution in [1.29, 1.82) is 0 Å². The van der Waals surface area contributed by atoms with Crippen molar-refractivity contribution in [3.8, 4) is 0 Å². The number of carbonyl (C=O) groups excluding carboxylic acids is 1. The van der Waals surface area contributed by atoms with Gasteiger partial charge in [0.25, 0.3) is 0 Å². The van der Waals surface area contributed by atoms with Crippen molar-refractivity contribution >= 4 is 22.5 Å². The normalized spacial score (nSPS) is 10.6. The number of hydrogen-bond donors (Lipinski definition) is 2. The van der Waals surface area contributed by atoms with Gasteiger partial charge in [0.05, 0.1) is 17.4 Å². The summed E-state index contributed by atoms with van der Waals surface area (Å²) < 4.78 is 0. The summed E-state index contributed by atoms with van der Waals surface area (Å²) in [7, 11) is 1.83. The molecule has 0 saturated carbocycles. The van der Waals surface area contributed by atoms with Crippen LogP contribution in [0.25, 0.3) is 11.0 Å².